The van der Waals surface area contributed by atoms with Crippen LogP contribution in [0.5, 0.6) is 11.5 Å². The molecule has 3 aromatic rings. The van der Waals surface area contributed by atoms with Gasteiger partial charge in [0.1, 0.15) is 5.75 Å². The zero-order chi connectivity index (χ0) is 23.1. The molecule has 162 valence electrons. The molecule has 0 aliphatic heterocycles. The molecule has 0 saturated carbocycles. The molecule has 32 heavy (non-hydrogen) atoms. The highest BCUT2D eigenvalue weighted by molar-refractivity contribution is 6.31. The van der Waals surface area contributed by atoms with E-state index in [1.807, 2.05) is 18.2 Å². The predicted octanol–water partition coefficient (Wildman–Crippen LogP) is 5.86. The Balaban J connectivity index is 1.69. The summed E-state index contributed by atoms with van der Waals surface area (Å²) < 4.78 is 5.83. The van der Waals surface area contributed by atoms with E-state index in [2.05, 4.69) is 10.6 Å². The second-order valence-corrected chi connectivity index (χ2v) is 7.40. The van der Waals surface area contributed by atoms with Crippen molar-refractivity contribution in [1.29, 1.82) is 0 Å². The molecular weight excluding hydrogens is 428 g/mol. The summed E-state index contributed by atoms with van der Waals surface area (Å²) in [5, 5.41) is 5.81. The van der Waals surface area contributed by atoms with E-state index in [4.69, 9.17) is 16.3 Å². The fraction of sp³-hybridized carbons (Fsp3) is 0.0800. The van der Waals surface area contributed by atoms with Gasteiger partial charge in [-0.25, -0.2) is 0 Å². The van der Waals surface area contributed by atoms with Gasteiger partial charge in [0, 0.05) is 27.9 Å². The normalized spacial score (nSPS) is 10.9. The highest BCUT2D eigenvalue weighted by atomic mass is 35.5. The number of Topliss-reactive ketones (excluding diaryl/α,β-unsaturated/α-hetero) is 1. The van der Waals surface area contributed by atoms with E-state index in [1.165, 1.54) is 19.9 Å². The van der Waals surface area contributed by atoms with Gasteiger partial charge >= 0.3 is 0 Å². The van der Waals surface area contributed by atoms with E-state index in [9.17, 15) is 14.4 Å². The minimum atomic E-state index is -0.509. The SMILES string of the molecule is CC(=O)c1ccc(NC(=O)/C(C)=C\C(=O)Nc2cc(Cl)ccc2Oc2ccccc2)cc1. The molecule has 0 unspecified atom stereocenters. The average molecular weight is 449 g/mol. The van der Waals surface area contributed by atoms with Gasteiger partial charge in [-0.1, -0.05) is 29.8 Å². The number of hydrogen-bond acceptors (Lipinski definition) is 4. The summed E-state index contributed by atoms with van der Waals surface area (Å²) in [5.74, 6) is 0.00168. The molecule has 0 atom stereocenters. The number of carbonyl (C=O) groups is 3. The molecular formula is C25H21ClN2O4. The maximum Gasteiger partial charge on any atom is 0.251 e. The minimum absolute atomic E-state index is 0.0627. The van der Waals surface area contributed by atoms with Gasteiger partial charge in [0.05, 0.1) is 5.69 Å². The third kappa shape index (κ3) is 6.30. The van der Waals surface area contributed by atoms with E-state index >= 15 is 0 Å². The summed E-state index contributed by atoms with van der Waals surface area (Å²) in [6, 6.07) is 20.5. The Morgan fingerprint density at radius 1 is 0.875 bits per heavy atom. The Morgan fingerprint density at radius 3 is 2.22 bits per heavy atom. The molecule has 2 N–H and O–H groups in total. The minimum Gasteiger partial charge on any atom is -0.455 e. The van der Waals surface area contributed by atoms with Crippen molar-refractivity contribution in [3.63, 3.8) is 0 Å². The number of amides is 2. The third-order valence-corrected chi connectivity index (χ3v) is 4.66. The summed E-state index contributed by atoms with van der Waals surface area (Å²) in [7, 11) is 0. The molecule has 6 nitrogen and oxygen atoms in total. The first-order chi connectivity index (χ1) is 15.3. The van der Waals surface area contributed by atoms with Crippen LogP contribution in [0.2, 0.25) is 5.02 Å². The van der Waals surface area contributed by atoms with Gasteiger partial charge in [-0.15, -0.1) is 0 Å². The summed E-state index contributed by atoms with van der Waals surface area (Å²) in [6.07, 6.45) is 1.19. The number of halogens is 1. The number of ether oxygens (including phenoxy) is 1. The van der Waals surface area contributed by atoms with Crippen LogP contribution in [0.1, 0.15) is 24.2 Å². The van der Waals surface area contributed by atoms with Crippen LogP contribution in [0, 0.1) is 0 Å². The summed E-state index contributed by atoms with van der Waals surface area (Å²) in [6.45, 7) is 2.99. The second kappa shape index (κ2) is 10.4. The zero-order valence-corrected chi connectivity index (χ0v) is 18.3. The van der Waals surface area contributed by atoms with Crippen LogP contribution >= 0.6 is 11.6 Å². The van der Waals surface area contributed by atoms with E-state index in [-0.39, 0.29) is 11.4 Å². The van der Waals surface area contributed by atoms with Crippen LogP contribution in [0.4, 0.5) is 11.4 Å². The molecule has 3 rings (SSSR count). The number of benzene rings is 3. The molecule has 0 fully saturated rings. The summed E-state index contributed by atoms with van der Waals surface area (Å²) >= 11 is 6.07. The smallest absolute Gasteiger partial charge is 0.251 e. The van der Waals surface area contributed by atoms with Gasteiger partial charge in [-0.05, 0) is 68.4 Å². The molecule has 0 aliphatic carbocycles. The van der Waals surface area contributed by atoms with Gasteiger partial charge < -0.3 is 15.4 Å². The maximum atomic E-state index is 12.5. The molecule has 0 radical (unpaired) electrons. The number of para-hydroxylation sites is 1. The third-order valence-electron chi connectivity index (χ3n) is 4.43. The molecule has 3 aromatic carbocycles. The number of rotatable bonds is 7. The van der Waals surface area contributed by atoms with Crippen molar-refractivity contribution in [2.75, 3.05) is 10.6 Å². The Labute approximate surface area is 190 Å². The number of nitrogens with one attached hydrogen (secondary N) is 2. The van der Waals surface area contributed by atoms with Crippen molar-refractivity contribution in [2.24, 2.45) is 0 Å². The Hall–Kier alpha value is -3.90. The van der Waals surface area contributed by atoms with Crippen molar-refractivity contribution < 1.29 is 19.1 Å². The predicted molar refractivity (Wildman–Crippen MR) is 125 cm³/mol. The van der Waals surface area contributed by atoms with Crippen molar-refractivity contribution in [3.8, 4) is 11.5 Å². The van der Waals surface area contributed by atoms with Gasteiger partial charge in [-0.3, -0.25) is 14.4 Å². The van der Waals surface area contributed by atoms with Gasteiger partial charge in [-0.2, -0.15) is 0 Å². The maximum absolute atomic E-state index is 12.5. The molecule has 7 heteroatoms. The highest BCUT2D eigenvalue weighted by Gasteiger charge is 2.12. The van der Waals surface area contributed by atoms with Gasteiger partial charge in [0.2, 0.25) is 5.91 Å². The van der Waals surface area contributed by atoms with Crippen LogP contribution in [-0.4, -0.2) is 17.6 Å². The number of anilines is 2. The van der Waals surface area contributed by atoms with Gasteiger partial charge in [0.25, 0.3) is 5.91 Å². The lowest BCUT2D eigenvalue weighted by molar-refractivity contribution is -0.114. The molecule has 0 spiro atoms. The van der Waals surface area contributed by atoms with Crippen molar-refractivity contribution in [1.82, 2.24) is 0 Å². The Bertz CT molecular complexity index is 1170. The van der Waals surface area contributed by atoms with E-state index in [0.717, 1.165) is 0 Å². The lowest BCUT2D eigenvalue weighted by atomic mass is 10.1. The van der Waals surface area contributed by atoms with Crippen LogP contribution in [-0.2, 0) is 9.59 Å². The van der Waals surface area contributed by atoms with E-state index < -0.39 is 11.8 Å². The largest absolute Gasteiger partial charge is 0.455 e. The summed E-state index contributed by atoms with van der Waals surface area (Å²) in [5.41, 5.74) is 1.63. The Morgan fingerprint density at radius 2 is 1.56 bits per heavy atom. The topological polar surface area (TPSA) is 84.5 Å². The number of ketones is 1. The van der Waals surface area contributed by atoms with Crippen LogP contribution in [0.15, 0.2) is 84.4 Å². The molecule has 0 bridgehead atoms. The average Bonchev–Trinajstić information content (AvgIpc) is 2.76. The standard InChI is InChI=1S/C25H21ClN2O4/c1-16(25(31)27-20-11-8-18(9-12-20)17(2)29)14-24(30)28-22-15-19(26)10-13-23(22)32-21-6-4-3-5-7-21/h3-15H,1-2H3,(H,27,31)(H,28,30)/b16-14-. The number of carbonyl (C=O) groups excluding carboxylic acids is 3. The van der Waals surface area contributed by atoms with Crippen LogP contribution < -0.4 is 15.4 Å². The lowest BCUT2D eigenvalue weighted by Gasteiger charge is -2.12. The zero-order valence-electron chi connectivity index (χ0n) is 17.5. The van der Waals surface area contributed by atoms with Crippen molar-refractivity contribution >= 4 is 40.6 Å². The molecule has 0 aromatic heterocycles. The summed E-state index contributed by atoms with van der Waals surface area (Å²) in [4.78, 5) is 36.3. The number of hydrogen-bond donors (Lipinski definition) is 2. The van der Waals surface area contributed by atoms with Crippen LogP contribution in [0.25, 0.3) is 0 Å². The molecule has 0 saturated heterocycles. The van der Waals surface area contributed by atoms with Crippen molar-refractivity contribution in [3.05, 3.63) is 95.0 Å². The quantitative estimate of drug-likeness (QED) is 0.350. The second-order valence-electron chi connectivity index (χ2n) is 6.96. The molecule has 2 amide bonds. The van der Waals surface area contributed by atoms with Gasteiger partial charge in [0.15, 0.2) is 11.5 Å². The first-order valence-electron chi connectivity index (χ1n) is 9.76. The van der Waals surface area contributed by atoms with E-state index in [1.54, 1.807) is 54.6 Å². The first-order valence-corrected chi connectivity index (χ1v) is 10.1. The molecule has 0 aliphatic rings. The highest BCUT2D eigenvalue weighted by Crippen LogP contribution is 2.32. The first kappa shape index (κ1) is 22.8. The van der Waals surface area contributed by atoms with Crippen LogP contribution in [0.3, 0.4) is 0 Å². The fourth-order valence-corrected chi connectivity index (χ4v) is 2.93. The molecule has 0 heterocycles. The Kier molecular flexibility index (Phi) is 7.41. The van der Waals surface area contributed by atoms with E-state index in [0.29, 0.717) is 33.5 Å². The van der Waals surface area contributed by atoms with Crippen molar-refractivity contribution in [2.45, 2.75) is 13.8 Å². The lowest BCUT2D eigenvalue weighted by Crippen LogP contribution is -2.16. The fourth-order valence-electron chi connectivity index (χ4n) is 2.75. The monoisotopic (exact) mass is 448 g/mol.